The van der Waals surface area contributed by atoms with Crippen LogP contribution < -0.4 is 11.1 Å². The molecular formula is C15H24BN6O5P. The molecule has 3 aliphatic rings. The van der Waals surface area contributed by atoms with Gasteiger partial charge in [-0.2, -0.15) is 0 Å². The zero-order chi connectivity index (χ0) is 19.5. The van der Waals surface area contributed by atoms with E-state index in [2.05, 4.69) is 20.3 Å². The second-order valence-corrected chi connectivity index (χ2v) is 10.0. The number of aliphatic hydroxyl groups is 1. The number of hydrogen-bond donors (Lipinski definition) is 4. The molecule has 1 aliphatic carbocycles. The van der Waals surface area contributed by atoms with Gasteiger partial charge in [0.15, 0.2) is 0 Å². The summed E-state index contributed by atoms with van der Waals surface area (Å²) >= 11 is 0. The van der Waals surface area contributed by atoms with Gasteiger partial charge in [0.2, 0.25) is 0 Å². The SMILES string of the molecule is B[PH]1(O)OC[C@H]2O[C@@H](n3c(NC4CCCC4)nc4c(N)ncnc43)C(O)[C@@H]2O1. The molecule has 2 aromatic rings. The molecule has 4 atom stereocenters. The van der Waals surface area contributed by atoms with Gasteiger partial charge in [-0.15, -0.1) is 0 Å². The predicted octanol–water partition coefficient (Wildman–Crippen LogP) is -0.528. The number of aromatic nitrogens is 4. The van der Waals surface area contributed by atoms with Crippen molar-refractivity contribution in [1.29, 1.82) is 0 Å². The quantitative estimate of drug-likeness (QED) is 0.384. The summed E-state index contributed by atoms with van der Waals surface area (Å²) in [4.78, 5) is 23.1. The van der Waals surface area contributed by atoms with Gasteiger partial charge < -0.3 is 0 Å². The van der Waals surface area contributed by atoms with Crippen LogP contribution in [0.2, 0.25) is 0 Å². The number of fused-ring (bicyclic) bond motifs is 2. The summed E-state index contributed by atoms with van der Waals surface area (Å²) in [6, 6.07) is 0.290. The van der Waals surface area contributed by atoms with Gasteiger partial charge in [0.25, 0.3) is 0 Å². The van der Waals surface area contributed by atoms with Crippen LogP contribution in [0.1, 0.15) is 31.9 Å². The van der Waals surface area contributed by atoms with Crippen LogP contribution in [0.15, 0.2) is 6.33 Å². The Hall–Kier alpha value is -1.56. The number of hydrogen-bond acceptors (Lipinski definition) is 10. The third-order valence-corrected chi connectivity index (χ3v) is 7.04. The van der Waals surface area contributed by atoms with E-state index in [0.717, 1.165) is 25.7 Å². The van der Waals surface area contributed by atoms with E-state index in [4.69, 9.17) is 19.5 Å². The summed E-state index contributed by atoms with van der Waals surface area (Å²) in [5.41, 5.74) is 6.93. The maximum atomic E-state index is 11.0. The number of imidazole rings is 1. The van der Waals surface area contributed by atoms with E-state index in [-0.39, 0.29) is 12.4 Å². The summed E-state index contributed by atoms with van der Waals surface area (Å²) in [5, 5.41) is 14.4. The Morgan fingerprint density at radius 1 is 1.32 bits per heavy atom. The van der Waals surface area contributed by atoms with Crippen molar-refractivity contribution in [1.82, 2.24) is 19.5 Å². The topological polar surface area (TPSA) is 150 Å². The number of anilines is 2. The molecule has 3 fully saturated rings. The molecule has 5 N–H and O–H groups in total. The number of nitrogens with two attached hydrogens (primary N) is 1. The Morgan fingerprint density at radius 3 is 2.89 bits per heavy atom. The van der Waals surface area contributed by atoms with Crippen LogP contribution in [0.25, 0.3) is 11.2 Å². The first kappa shape index (κ1) is 18.5. The number of nitrogens with one attached hydrogen (secondary N) is 1. The van der Waals surface area contributed by atoms with Gasteiger partial charge >= 0.3 is 162 Å². The molecule has 0 radical (unpaired) electrons. The van der Waals surface area contributed by atoms with Gasteiger partial charge in [-0.3, -0.25) is 0 Å². The van der Waals surface area contributed by atoms with Crippen molar-refractivity contribution in [3.05, 3.63) is 6.33 Å². The van der Waals surface area contributed by atoms with Crippen molar-refractivity contribution >= 4 is 38.3 Å². The van der Waals surface area contributed by atoms with E-state index in [9.17, 15) is 10.00 Å². The molecule has 2 aromatic heterocycles. The fourth-order valence-electron chi connectivity index (χ4n) is 4.26. The van der Waals surface area contributed by atoms with Gasteiger partial charge in [-0.25, -0.2) is 0 Å². The Morgan fingerprint density at radius 2 is 2.11 bits per heavy atom. The van der Waals surface area contributed by atoms with E-state index < -0.39 is 32.4 Å². The molecule has 0 aromatic carbocycles. The maximum absolute atomic E-state index is 11.0. The molecule has 13 heteroatoms. The summed E-state index contributed by atoms with van der Waals surface area (Å²) in [5.74, 6) is 0.791. The van der Waals surface area contributed by atoms with E-state index in [1.54, 1.807) is 4.57 Å². The molecule has 2 aliphatic heterocycles. The molecule has 0 amide bonds. The van der Waals surface area contributed by atoms with Crippen LogP contribution >= 0.6 is 7.82 Å². The number of nitrogens with zero attached hydrogens (tertiary/aromatic N) is 4. The monoisotopic (exact) mass is 410 g/mol. The molecular weight excluding hydrogens is 386 g/mol. The van der Waals surface area contributed by atoms with Crippen molar-refractivity contribution in [2.24, 2.45) is 0 Å². The fraction of sp³-hybridized carbons (Fsp3) is 0.667. The molecule has 5 rings (SSSR count). The minimum atomic E-state index is -3.26. The van der Waals surface area contributed by atoms with E-state index in [1.165, 1.54) is 13.9 Å². The third kappa shape index (κ3) is 3.04. The summed E-state index contributed by atoms with van der Waals surface area (Å²) in [6.45, 7) is 0.159. The minimum absolute atomic E-state index is 0.159. The average Bonchev–Trinajstić information content (AvgIpc) is 3.35. The third-order valence-electron chi connectivity index (χ3n) is 5.63. The van der Waals surface area contributed by atoms with Gasteiger partial charge in [-0.1, -0.05) is 0 Å². The predicted molar refractivity (Wildman–Crippen MR) is 105 cm³/mol. The fourth-order valence-corrected chi connectivity index (χ4v) is 5.60. The summed E-state index contributed by atoms with van der Waals surface area (Å²) in [6.07, 6.45) is 2.79. The van der Waals surface area contributed by atoms with Crippen molar-refractivity contribution in [3.63, 3.8) is 0 Å². The summed E-state index contributed by atoms with van der Waals surface area (Å²) < 4.78 is 18.8. The van der Waals surface area contributed by atoms with Crippen LogP contribution in [-0.4, -0.2) is 68.0 Å². The Kier molecular flexibility index (Phi) is 4.46. The van der Waals surface area contributed by atoms with E-state index in [1.807, 2.05) is 0 Å². The molecule has 28 heavy (non-hydrogen) atoms. The first-order valence-electron chi connectivity index (χ1n) is 9.55. The van der Waals surface area contributed by atoms with Crippen LogP contribution in [-0.2, 0) is 13.8 Å². The Balaban J connectivity index is 1.55. The van der Waals surface area contributed by atoms with Crippen LogP contribution in [0.3, 0.4) is 0 Å². The standard InChI is InChI=1S/C15H24BN6O5P/c16-28(24)25-5-8-11(27-28)10(23)14(26-8)22-13-9(12(17)18-6-19-13)21-15(22)20-7-3-1-2-4-7/h6-8,10-11,14,23-24,28H,1-5,16H2,(H,20,21)(H2,17,18,19)/t8-,10?,11-,14-/m1/s1. The molecule has 152 valence electrons. The van der Waals surface area contributed by atoms with Crippen LogP contribution in [0.4, 0.5) is 11.8 Å². The van der Waals surface area contributed by atoms with Crippen molar-refractivity contribution in [3.8, 4) is 0 Å². The van der Waals surface area contributed by atoms with Crippen LogP contribution in [0, 0.1) is 0 Å². The normalized spacial score (nSPS) is 33.8. The molecule has 4 heterocycles. The molecule has 2 saturated heterocycles. The number of aliphatic hydroxyl groups excluding tert-OH is 1. The molecule has 1 saturated carbocycles. The van der Waals surface area contributed by atoms with E-state index in [0.29, 0.717) is 23.2 Å². The van der Waals surface area contributed by atoms with Gasteiger partial charge in [0, 0.05) is 0 Å². The number of nitrogen functional groups attached to an aromatic ring is 1. The van der Waals surface area contributed by atoms with Crippen molar-refractivity contribution in [2.75, 3.05) is 17.7 Å². The average molecular weight is 410 g/mol. The second kappa shape index (κ2) is 6.75. The van der Waals surface area contributed by atoms with Crippen LogP contribution in [0.5, 0.6) is 0 Å². The number of ether oxygens (including phenoxy) is 1. The summed E-state index contributed by atoms with van der Waals surface area (Å²) in [7, 11) is -1.74. The molecule has 0 spiro atoms. The zero-order valence-electron chi connectivity index (χ0n) is 15.5. The molecule has 11 nitrogen and oxygen atoms in total. The first-order valence-corrected chi connectivity index (χ1v) is 11.8. The second-order valence-electron chi connectivity index (χ2n) is 7.71. The van der Waals surface area contributed by atoms with Gasteiger partial charge in [0.1, 0.15) is 0 Å². The van der Waals surface area contributed by atoms with Crippen molar-refractivity contribution in [2.45, 2.75) is 56.3 Å². The molecule has 1 unspecified atom stereocenters. The van der Waals surface area contributed by atoms with E-state index >= 15 is 0 Å². The van der Waals surface area contributed by atoms with Gasteiger partial charge in [0.05, 0.1) is 0 Å². The Bertz CT molecular complexity index is 893. The van der Waals surface area contributed by atoms with Crippen molar-refractivity contribution < 1.29 is 23.8 Å². The zero-order valence-corrected chi connectivity index (χ0v) is 16.5. The molecule has 0 bridgehead atoms. The Labute approximate surface area is 162 Å². The van der Waals surface area contributed by atoms with Gasteiger partial charge in [-0.05, 0) is 0 Å². The number of rotatable bonds is 3. The first-order chi connectivity index (χ1) is 13.4.